The van der Waals surface area contributed by atoms with Crippen molar-refractivity contribution >= 4 is 11.6 Å². The highest BCUT2D eigenvalue weighted by Gasteiger charge is 2.23. The molecule has 4 nitrogen and oxygen atoms in total. The molecule has 0 aliphatic carbocycles. The molecule has 2 aromatic rings. The first kappa shape index (κ1) is 12.8. The molecule has 0 atom stereocenters. The Morgan fingerprint density at radius 1 is 1.10 bits per heavy atom. The second-order valence-corrected chi connectivity index (χ2v) is 5.10. The Labute approximate surface area is 118 Å². The highest BCUT2D eigenvalue weighted by Crippen LogP contribution is 2.17. The van der Waals surface area contributed by atoms with Gasteiger partial charge in [0.2, 0.25) is 0 Å². The van der Waals surface area contributed by atoms with E-state index in [1.165, 1.54) is 5.69 Å². The van der Waals surface area contributed by atoms with Crippen LogP contribution in [-0.4, -0.2) is 37.0 Å². The summed E-state index contributed by atoms with van der Waals surface area (Å²) >= 11 is 0. The van der Waals surface area contributed by atoms with Gasteiger partial charge in [0.05, 0.1) is 6.26 Å². The number of anilines is 1. The Bertz CT molecular complexity index is 584. The number of amides is 1. The summed E-state index contributed by atoms with van der Waals surface area (Å²) in [5.74, 6) is 0.432. The Morgan fingerprint density at radius 2 is 1.80 bits per heavy atom. The maximum absolute atomic E-state index is 12.3. The van der Waals surface area contributed by atoms with Crippen LogP contribution in [0.3, 0.4) is 0 Å². The van der Waals surface area contributed by atoms with Crippen LogP contribution in [-0.2, 0) is 0 Å². The van der Waals surface area contributed by atoms with Crippen molar-refractivity contribution in [2.75, 3.05) is 31.1 Å². The molecule has 0 radical (unpaired) electrons. The fourth-order valence-corrected chi connectivity index (χ4v) is 2.51. The highest BCUT2D eigenvalue weighted by atomic mass is 16.3. The zero-order valence-electron chi connectivity index (χ0n) is 11.6. The lowest BCUT2D eigenvalue weighted by molar-refractivity contribution is 0.0714. The smallest absolute Gasteiger partial charge is 0.289 e. The van der Waals surface area contributed by atoms with Gasteiger partial charge < -0.3 is 14.2 Å². The van der Waals surface area contributed by atoms with Gasteiger partial charge in [-0.1, -0.05) is 18.2 Å². The van der Waals surface area contributed by atoms with Gasteiger partial charge in [-0.25, -0.2) is 0 Å². The number of piperazine rings is 1. The lowest BCUT2D eigenvalue weighted by Gasteiger charge is -2.35. The highest BCUT2D eigenvalue weighted by molar-refractivity contribution is 5.91. The number of aryl methyl sites for hydroxylation is 1. The van der Waals surface area contributed by atoms with E-state index in [0.717, 1.165) is 31.7 Å². The number of para-hydroxylation sites is 1. The molecule has 0 N–H and O–H groups in total. The van der Waals surface area contributed by atoms with Crippen LogP contribution < -0.4 is 4.90 Å². The molecular weight excluding hydrogens is 252 g/mol. The summed E-state index contributed by atoms with van der Waals surface area (Å²) in [6.07, 6.45) is 1.62. The SMILES string of the molecule is Cc1coc(C(=O)N2CCN(c3ccccc3)CC2)c1. The summed E-state index contributed by atoms with van der Waals surface area (Å²) in [4.78, 5) is 16.4. The molecule has 0 bridgehead atoms. The van der Waals surface area contributed by atoms with Crippen molar-refractivity contribution < 1.29 is 9.21 Å². The minimum Gasteiger partial charge on any atom is -0.459 e. The maximum atomic E-state index is 12.3. The van der Waals surface area contributed by atoms with Crippen LogP contribution >= 0.6 is 0 Å². The van der Waals surface area contributed by atoms with E-state index >= 15 is 0 Å². The number of furan rings is 1. The van der Waals surface area contributed by atoms with E-state index in [-0.39, 0.29) is 5.91 Å². The van der Waals surface area contributed by atoms with Crippen molar-refractivity contribution in [1.29, 1.82) is 0 Å². The Hall–Kier alpha value is -2.23. The van der Waals surface area contributed by atoms with Crippen LogP contribution in [0.1, 0.15) is 16.1 Å². The summed E-state index contributed by atoms with van der Waals surface area (Å²) in [6.45, 7) is 5.10. The van der Waals surface area contributed by atoms with Gasteiger partial charge in [0.1, 0.15) is 0 Å². The van der Waals surface area contributed by atoms with E-state index in [0.29, 0.717) is 5.76 Å². The van der Waals surface area contributed by atoms with Crippen LogP contribution in [0.5, 0.6) is 0 Å². The van der Waals surface area contributed by atoms with Crippen molar-refractivity contribution in [3.63, 3.8) is 0 Å². The molecule has 0 spiro atoms. The lowest BCUT2D eigenvalue weighted by Crippen LogP contribution is -2.48. The van der Waals surface area contributed by atoms with Crippen molar-refractivity contribution in [3.8, 4) is 0 Å². The molecule has 20 heavy (non-hydrogen) atoms. The van der Waals surface area contributed by atoms with Crippen LogP contribution in [0.4, 0.5) is 5.69 Å². The largest absolute Gasteiger partial charge is 0.459 e. The summed E-state index contributed by atoms with van der Waals surface area (Å²) in [6, 6.07) is 12.1. The third-order valence-corrected chi connectivity index (χ3v) is 3.63. The number of rotatable bonds is 2. The number of hydrogen-bond donors (Lipinski definition) is 0. The summed E-state index contributed by atoms with van der Waals surface area (Å²) in [7, 11) is 0. The van der Waals surface area contributed by atoms with Gasteiger partial charge in [0.25, 0.3) is 5.91 Å². The Morgan fingerprint density at radius 3 is 2.40 bits per heavy atom. The first-order chi connectivity index (χ1) is 9.74. The van der Waals surface area contributed by atoms with E-state index in [2.05, 4.69) is 17.0 Å². The van der Waals surface area contributed by atoms with Gasteiger partial charge in [-0.3, -0.25) is 4.79 Å². The van der Waals surface area contributed by atoms with Crippen molar-refractivity contribution in [3.05, 3.63) is 54.0 Å². The number of nitrogens with zero attached hydrogens (tertiary/aromatic N) is 2. The minimum absolute atomic E-state index is 0.00851. The van der Waals surface area contributed by atoms with E-state index in [1.54, 1.807) is 12.3 Å². The van der Waals surface area contributed by atoms with Gasteiger partial charge in [0.15, 0.2) is 5.76 Å². The molecule has 1 aromatic heterocycles. The molecule has 0 saturated carbocycles. The first-order valence-electron chi connectivity index (χ1n) is 6.88. The molecular formula is C16H18N2O2. The molecule has 4 heteroatoms. The lowest BCUT2D eigenvalue weighted by atomic mass is 10.2. The molecule has 1 saturated heterocycles. The summed E-state index contributed by atoms with van der Waals surface area (Å²) in [5.41, 5.74) is 2.20. The number of carbonyl (C=O) groups excluding carboxylic acids is 1. The van der Waals surface area contributed by atoms with Crippen LogP contribution in [0, 0.1) is 6.92 Å². The van der Waals surface area contributed by atoms with E-state index < -0.39 is 0 Å². The van der Waals surface area contributed by atoms with Crippen molar-refractivity contribution in [1.82, 2.24) is 4.90 Å². The molecule has 3 rings (SSSR count). The monoisotopic (exact) mass is 270 g/mol. The van der Waals surface area contributed by atoms with Crippen LogP contribution in [0.15, 0.2) is 47.1 Å². The summed E-state index contributed by atoms with van der Waals surface area (Å²) in [5, 5.41) is 0. The van der Waals surface area contributed by atoms with E-state index in [4.69, 9.17) is 4.42 Å². The van der Waals surface area contributed by atoms with Gasteiger partial charge in [-0.05, 0) is 30.7 Å². The average Bonchev–Trinajstić information content (AvgIpc) is 2.94. The van der Waals surface area contributed by atoms with Gasteiger partial charge in [-0.2, -0.15) is 0 Å². The third-order valence-electron chi connectivity index (χ3n) is 3.63. The zero-order chi connectivity index (χ0) is 13.9. The zero-order valence-corrected chi connectivity index (χ0v) is 11.6. The van der Waals surface area contributed by atoms with E-state index in [9.17, 15) is 4.79 Å². The van der Waals surface area contributed by atoms with Gasteiger partial charge in [-0.15, -0.1) is 0 Å². The third kappa shape index (κ3) is 2.54. The molecule has 1 amide bonds. The summed E-state index contributed by atoms with van der Waals surface area (Å²) < 4.78 is 5.29. The molecule has 1 aliphatic heterocycles. The predicted octanol–water partition coefficient (Wildman–Crippen LogP) is 2.55. The van der Waals surface area contributed by atoms with Crippen LogP contribution in [0.2, 0.25) is 0 Å². The van der Waals surface area contributed by atoms with Crippen molar-refractivity contribution in [2.45, 2.75) is 6.92 Å². The minimum atomic E-state index is -0.00851. The van der Waals surface area contributed by atoms with Gasteiger partial charge in [0, 0.05) is 31.9 Å². The Balaban J connectivity index is 1.63. The number of hydrogen-bond acceptors (Lipinski definition) is 3. The fourth-order valence-electron chi connectivity index (χ4n) is 2.51. The molecule has 2 heterocycles. The molecule has 1 aromatic carbocycles. The molecule has 1 fully saturated rings. The first-order valence-corrected chi connectivity index (χ1v) is 6.88. The number of benzene rings is 1. The fraction of sp³-hybridized carbons (Fsp3) is 0.312. The van der Waals surface area contributed by atoms with Gasteiger partial charge >= 0.3 is 0 Å². The topological polar surface area (TPSA) is 36.7 Å². The molecule has 104 valence electrons. The average molecular weight is 270 g/mol. The second kappa shape index (κ2) is 5.41. The quantitative estimate of drug-likeness (QED) is 0.841. The second-order valence-electron chi connectivity index (χ2n) is 5.10. The van der Waals surface area contributed by atoms with E-state index in [1.807, 2.05) is 30.0 Å². The Kier molecular flexibility index (Phi) is 3.46. The number of carbonyl (C=O) groups is 1. The normalized spacial score (nSPS) is 15.4. The predicted molar refractivity (Wildman–Crippen MR) is 78.0 cm³/mol. The molecule has 0 unspecified atom stereocenters. The maximum Gasteiger partial charge on any atom is 0.289 e. The standard InChI is InChI=1S/C16H18N2O2/c1-13-11-15(20-12-13)16(19)18-9-7-17(8-10-18)14-5-3-2-4-6-14/h2-6,11-12H,7-10H2,1H3. The van der Waals surface area contributed by atoms with Crippen molar-refractivity contribution in [2.24, 2.45) is 0 Å². The van der Waals surface area contributed by atoms with Crippen LogP contribution in [0.25, 0.3) is 0 Å². The molecule has 1 aliphatic rings.